The summed E-state index contributed by atoms with van der Waals surface area (Å²) in [7, 11) is 0. The van der Waals surface area contributed by atoms with Crippen molar-refractivity contribution in [2.45, 2.75) is 44.6 Å². The summed E-state index contributed by atoms with van der Waals surface area (Å²) >= 11 is 0. The number of rotatable bonds is 4. The number of nitrogens with one attached hydrogen (secondary N) is 1. The van der Waals surface area contributed by atoms with Crippen molar-refractivity contribution < 1.29 is 0 Å². The molecule has 0 amide bonds. The van der Waals surface area contributed by atoms with Gasteiger partial charge >= 0.3 is 0 Å². The normalized spacial score (nSPS) is 28.1. The molecule has 0 aromatic carbocycles. The van der Waals surface area contributed by atoms with Gasteiger partial charge in [-0.15, -0.1) is 0 Å². The Morgan fingerprint density at radius 2 is 2.00 bits per heavy atom. The van der Waals surface area contributed by atoms with Crippen molar-refractivity contribution in [3.8, 4) is 0 Å². The molecular weight excluding hydrogens is 136 g/mol. The molecule has 2 rings (SSSR count). The summed E-state index contributed by atoms with van der Waals surface area (Å²) in [5.74, 6) is 7.42. The fourth-order valence-electron chi connectivity index (χ4n) is 1.95. The zero-order chi connectivity index (χ0) is 7.68. The lowest BCUT2D eigenvalue weighted by Gasteiger charge is -2.33. The molecule has 3 N–H and O–H groups in total. The Hall–Kier alpha value is -0.0800. The molecule has 0 aliphatic heterocycles. The summed E-state index contributed by atoms with van der Waals surface area (Å²) in [6.45, 7) is 0. The van der Waals surface area contributed by atoms with Crippen molar-refractivity contribution >= 4 is 0 Å². The SMILES string of the molecule is NNC(CC1CC1)C1CCC1. The van der Waals surface area contributed by atoms with E-state index in [2.05, 4.69) is 5.43 Å². The van der Waals surface area contributed by atoms with E-state index >= 15 is 0 Å². The third kappa shape index (κ3) is 1.74. The van der Waals surface area contributed by atoms with Crippen LogP contribution in [0.1, 0.15) is 38.5 Å². The Kier molecular flexibility index (Phi) is 2.14. The first kappa shape index (κ1) is 7.56. The van der Waals surface area contributed by atoms with Gasteiger partial charge in [-0.05, 0) is 31.1 Å². The maximum absolute atomic E-state index is 5.51. The monoisotopic (exact) mass is 154 g/mol. The fourth-order valence-corrected chi connectivity index (χ4v) is 1.95. The first-order valence-corrected chi connectivity index (χ1v) is 4.86. The molecule has 2 fully saturated rings. The van der Waals surface area contributed by atoms with E-state index in [1.54, 1.807) is 0 Å². The van der Waals surface area contributed by atoms with Crippen molar-refractivity contribution in [3.05, 3.63) is 0 Å². The lowest BCUT2D eigenvalue weighted by atomic mass is 9.78. The van der Waals surface area contributed by atoms with Crippen molar-refractivity contribution in [1.82, 2.24) is 5.43 Å². The van der Waals surface area contributed by atoms with Crippen molar-refractivity contribution in [2.75, 3.05) is 0 Å². The second kappa shape index (κ2) is 3.11. The number of hydrogen-bond donors (Lipinski definition) is 2. The standard InChI is InChI=1S/C9H18N2/c10-11-9(6-7-4-5-7)8-2-1-3-8/h7-9,11H,1-6,10H2. The van der Waals surface area contributed by atoms with Gasteiger partial charge in [0.2, 0.25) is 0 Å². The van der Waals surface area contributed by atoms with Crippen LogP contribution in [-0.4, -0.2) is 6.04 Å². The Bertz CT molecular complexity index is 128. The number of hydrazine groups is 1. The smallest absolute Gasteiger partial charge is 0.0241 e. The van der Waals surface area contributed by atoms with Gasteiger partial charge in [-0.3, -0.25) is 11.3 Å². The maximum Gasteiger partial charge on any atom is 0.0241 e. The molecule has 0 saturated heterocycles. The van der Waals surface area contributed by atoms with Crippen LogP contribution < -0.4 is 11.3 Å². The molecule has 0 heterocycles. The molecule has 1 unspecified atom stereocenters. The average molecular weight is 154 g/mol. The number of nitrogens with two attached hydrogens (primary N) is 1. The predicted octanol–water partition coefficient (Wildman–Crippen LogP) is 1.42. The van der Waals surface area contributed by atoms with Gasteiger partial charge in [0.15, 0.2) is 0 Å². The van der Waals surface area contributed by atoms with Gasteiger partial charge in [-0.25, -0.2) is 0 Å². The summed E-state index contributed by atoms with van der Waals surface area (Å²) in [6.07, 6.45) is 8.47. The predicted molar refractivity (Wildman–Crippen MR) is 45.8 cm³/mol. The first-order chi connectivity index (χ1) is 5.40. The minimum atomic E-state index is 0.635. The van der Waals surface area contributed by atoms with Crippen LogP contribution in [0.4, 0.5) is 0 Å². The van der Waals surface area contributed by atoms with E-state index in [4.69, 9.17) is 5.84 Å². The van der Waals surface area contributed by atoms with Crippen molar-refractivity contribution in [1.29, 1.82) is 0 Å². The molecule has 2 nitrogen and oxygen atoms in total. The minimum Gasteiger partial charge on any atom is -0.271 e. The fraction of sp³-hybridized carbons (Fsp3) is 1.00. The molecule has 64 valence electrons. The third-order valence-corrected chi connectivity index (χ3v) is 3.22. The van der Waals surface area contributed by atoms with Gasteiger partial charge < -0.3 is 0 Å². The molecular formula is C9H18N2. The molecule has 1 atom stereocenters. The van der Waals surface area contributed by atoms with E-state index in [1.807, 2.05) is 0 Å². The van der Waals surface area contributed by atoms with Gasteiger partial charge in [0.05, 0.1) is 0 Å². The minimum absolute atomic E-state index is 0.635. The molecule has 0 radical (unpaired) electrons. The molecule has 11 heavy (non-hydrogen) atoms. The Labute approximate surface area is 68.5 Å². The molecule has 0 bridgehead atoms. The van der Waals surface area contributed by atoms with E-state index in [1.165, 1.54) is 38.5 Å². The highest BCUT2D eigenvalue weighted by Crippen LogP contribution is 2.38. The van der Waals surface area contributed by atoms with Gasteiger partial charge in [0, 0.05) is 6.04 Å². The molecule has 2 heteroatoms. The van der Waals surface area contributed by atoms with Gasteiger partial charge in [0.25, 0.3) is 0 Å². The Morgan fingerprint density at radius 3 is 2.36 bits per heavy atom. The number of hydrogen-bond acceptors (Lipinski definition) is 2. The van der Waals surface area contributed by atoms with Crippen molar-refractivity contribution in [3.63, 3.8) is 0 Å². The van der Waals surface area contributed by atoms with Crippen LogP contribution >= 0.6 is 0 Å². The first-order valence-electron chi connectivity index (χ1n) is 4.86. The maximum atomic E-state index is 5.51. The van der Waals surface area contributed by atoms with Crippen LogP contribution in [0.2, 0.25) is 0 Å². The zero-order valence-electron chi connectivity index (χ0n) is 7.05. The highest BCUT2D eigenvalue weighted by atomic mass is 15.2. The van der Waals surface area contributed by atoms with Gasteiger partial charge in [-0.2, -0.15) is 0 Å². The summed E-state index contributed by atoms with van der Waals surface area (Å²) < 4.78 is 0. The van der Waals surface area contributed by atoms with Crippen molar-refractivity contribution in [2.24, 2.45) is 17.7 Å². The molecule has 2 aliphatic rings. The van der Waals surface area contributed by atoms with E-state index in [0.717, 1.165) is 11.8 Å². The van der Waals surface area contributed by atoms with Crippen LogP contribution in [0.5, 0.6) is 0 Å². The summed E-state index contributed by atoms with van der Waals surface area (Å²) in [6, 6.07) is 0.635. The zero-order valence-corrected chi connectivity index (χ0v) is 7.05. The van der Waals surface area contributed by atoms with E-state index in [0.29, 0.717) is 6.04 Å². The van der Waals surface area contributed by atoms with E-state index in [9.17, 15) is 0 Å². The highest BCUT2D eigenvalue weighted by molar-refractivity contribution is 4.86. The summed E-state index contributed by atoms with van der Waals surface area (Å²) in [5, 5.41) is 0. The van der Waals surface area contributed by atoms with Crippen LogP contribution in [0.15, 0.2) is 0 Å². The quantitative estimate of drug-likeness (QED) is 0.475. The largest absolute Gasteiger partial charge is 0.271 e. The lowest BCUT2D eigenvalue weighted by molar-refractivity contribution is 0.215. The van der Waals surface area contributed by atoms with Crippen LogP contribution in [0, 0.1) is 11.8 Å². The highest BCUT2D eigenvalue weighted by Gasteiger charge is 2.31. The van der Waals surface area contributed by atoms with Crippen LogP contribution in [0.25, 0.3) is 0 Å². The topological polar surface area (TPSA) is 38.0 Å². The second-order valence-electron chi connectivity index (χ2n) is 4.14. The van der Waals surface area contributed by atoms with E-state index < -0.39 is 0 Å². The molecule has 0 aromatic heterocycles. The molecule has 0 aromatic rings. The van der Waals surface area contributed by atoms with Crippen LogP contribution in [0.3, 0.4) is 0 Å². The van der Waals surface area contributed by atoms with E-state index in [-0.39, 0.29) is 0 Å². The van der Waals surface area contributed by atoms with Crippen LogP contribution in [-0.2, 0) is 0 Å². The molecule has 2 aliphatic carbocycles. The average Bonchev–Trinajstić information content (AvgIpc) is 2.66. The van der Waals surface area contributed by atoms with Gasteiger partial charge in [0.1, 0.15) is 0 Å². The lowest BCUT2D eigenvalue weighted by Crippen LogP contribution is -2.43. The molecule has 0 spiro atoms. The summed E-state index contributed by atoms with van der Waals surface area (Å²) in [5.41, 5.74) is 2.98. The Morgan fingerprint density at radius 1 is 1.27 bits per heavy atom. The summed E-state index contributed by atoms with van der Waals surface area (Å²) in [4.78, 5) is 0. The molecule has 2 saturated carbocycles. The second-order valence-corrected chi connectivity index (χ2v) is 4.14. The Balaban J connectivity index is 1.74. The third-order valence-electron chi connectivity index (χ3n) is 3.22. The van der Waals surface area contributed by atoms with Gasteiger partial charge in [-0.1, -0.05) is 19.3 Å².